The summed E-state index contributed by atoms with van der Waals surface area (Å²) in [6, 6.07) is 5.30. The third-order valence-electron chi connectivity index (χ3n) is 2.39. The highest BCUT2D eigenvalue weighted by atomic mass is 79.9. The molecule has 3 N–H and O–H groups in total. The SMILES string of the molecule is O=C(O)c1ccc(O)c(NC(=O)c2cc(Br)sc2Br)c1. The second-order valence-electron chi connectivity index (χ2n) is 3.73. The molecule has 0 atom stereocenters. The molecule has 20 heavy (non-hydrogen) atoms. The number of aromatic hydroxyl groups is 1. The first-order chi connectivity index (χ1) is 9.38. The Balaban J connectivity index is 2.30. The predicted octanol–water partition coefficient (Wildman–Crippen LogP) is 3.93. The van der Waals surface area contributed by atoms with Crippen molar-refractivity contribution < 1.29 is 19.8 Å². The van der Waals surface area contributed by atoms with Crippen LogP contribution in [-0.2, 0) is 0 Å². The number of phenolic OH excluding ortho intramolecular Hbond substituents is 1. The number of phenols is 1. The average Bonchev–Trinajstić information content (AvgIpc) is 2.71. The molecule has 1 amide bonds. The average molecular weight is 421 g/mol. The van der Waals surface area contributed by atoms with Crippen molar-refractivity contribution in [2.24, 2.45) is 0 Å². The molecule has 0 radical (unpaired) electrons. The molecule has 8 heteroatoms. The van der Waals surface area contributed by atoms with E-state index in [-0.39, 0.29) is 17.0 Å². The molecule has 0 spiro atoms. The molecule has 0 bridgehead atoms. The molecule has 0 saturated heterocycles. The van der Waals surface area contributed by atoms with Crippen molar-refractivity contribution in [3.8, 4) is 5.75 Å². The summed E-state index contributed by atoms with van der Waals surface area (Å²) in [6.45, 7) is 0. The van der Waals surface area contributed by atoms with Crippen LogP contribution >= 0.6 is 43.2 Å². The summed E-state index contributed by atoms with van der Waals surface area (Å²) in [4.78, 5) is 22.9. The second-order valence-corrected chi connectivity index (χ2v) is 7.48. The highest BCUT2D eigenvalue weighted by molar-refractivity contribution is 9.12. The maximum atomic E-state index is 12.1. The molecular formula is C12H7Br2NO4S. The lowest BCUT2D eigenvalue weighted by Crippen LogP contribution is -2.12. The summed E-state index contributed by atoms with van der Waals surface area (Å²) >= 11 is 7.86. The Kier molecular flexibility index (Phi) is 4.46. The van der Waals surface area contributed by atoms with Gasteiger partial charge in [-0.2, -0.15) is 0 Å². The van der Waals surface area contributed by atoms with Gasteiger partial charge in [0.05, 0.1) is 24.4 Å². The Morgan fingerprint density at radius 3 is 2.45 bits per heavy atom. The van der Waals surface area contributed by atoms with Crippen molar-refractivity contribution in [3.05, 3.63) is 43.0 Å². The number of anilines is 1. The van der Waals surface area contributed by atoms with Crippen LogP contribution in [0.15, 0.2) is 31.8 Å². The van der Waals surface area contributed by atoms with Crippen LogP contribution in [0.1, 0.15) is 20.7 Å². The molecule has 0 fully saturated rings. The van der Waals surface area contributed by atoms with E-state index in [1.807, 2.05) is 0 Å². The number of benzene rings is 1. The standard InChI is InChI=1S/C12H7Br2NO4S/c13-9-4-6(10(14)20-9)11(17)15-7-3-5(12(18)19)1-2-8(7)16/h1-4,16H,(H,15,17)(H,18,19). The van der Waals surface area contributed by atoms with Gasteiger partial charge in [0.1, 0.15) is 5.75 Å². The zero-order valence-corrected chi connectivity index (χ0v) is 13.7. The summed E-state index contributed by atoms with van der Waals surface area (Å²) in [6.07, 6.45) is 0. The minimum atomic E-state index is -1.14. The number of thiophene rings is 1. The molecule has 0 aliphatic rings. The largest absolute Gasteiger partial charge is 0.506 e. The van der Waals surface area contributed by atoms with E-state index in [9.17, 15) is 14.7 Å². The van der Waals surface area contributed by atoms with Gasteiger partial charge in [-0.3, -0.25) is 4.79 Å². The number of hydrogen-bond acceptors (Lipinski definition) is 4. The molecule has 104 valence electrons. The van der Waals surface area contributed by atoms with Crippen LogP contribution in [0.3, 0.4) is 0 Å². The number of amides is 1. The van der Waals surface area contributed by atoms with Crippen LogP contribution in [0.5, 0.6) is 5.75 Å². The molecule has 0 aliphatic carbocycles. The Labute approximate surface area is 134 Å². The lowest BCUT2D eigenvalue weighted by atomic mass is 10.2. The zero-order chi connectivity index (χ0) is 14.9. The van der Waals surface area contributed by atoms with Crippen molar-refractivity contribution in [2.45, 2.75) is 0 Å². The highest BCUT2D eigenvalue weighted by Crippen LogP contribution is 2.33. The van der Waals surface area contributed by atoms with E-state index in [4.69, 9.17) is 5.11 Å². The molecule has 1 heterocycles. The Bertz CT molecular complexity index is 699. The van der Waals surface area contributed by atoms with Crippen molar-refractivity contribution >= 4 is 60.8 Å². The number of carbonyl (C=O) groups excluding carboxylic acids is 1. The lowest BCUT2D eigenvalue weighted by Gasteiger charge is -2.07. The quantitative estimate of drug-likeness (QED) is 0.656. The molecule has 0 unspecified atom stereocenters. The van der Waals surface area contributed by atoms with Gasteiger partial charge < -0.3 is 15.5 Å². The molecule has 2 aromatic rings. The van der Waals surface area contributed by atoms with E-state index in [2.05, 4.69) is 37.2 Å². The van der Waals surface area contributed by atoms with E-state index in [1.165, 1.54) is 29.5 Å². The molecule has 2 rings (SSSR count). The summed E-state index contributed by atoms with van der Waals surface area (Å²) in [5.41, 5.74) is 0.412. The van der Waals surface area contributed by atoms with Crippen LogP contribution in [0.25, 0.3) is 0 Å². The topological polar surface area (TPSA) is 86.6 Å². The van der Waals surface area contributed by atoms with E-state index in [0.29, 0.717) is 9.35 Å². The maximum absolute atomic E-state index is 12.1. The van der Waals surface area contributed by atoms with Gasteiger partial charge in [0.25, 0.3) is 5.91 Å². The third-order valence-corrected chi connectivity index (χ3v) is 4.73. The summed E-state index contributed by atoms with van der Waals surface area (Å²) < 4.78 is 1.41. The summed E-state index contributed by atoms with van der Waals surface area (Å²) in [7, 11) is 0. The molecule has 5 nitrogen and oxygen atoms in total. The van der Waals surface area contributed by atoms with Crippen molar-refractivity contribution in [3.63, 3.8) is 0 Å². The van der Waals surface area contributed by atoms with E-state index in [1.54, 1.807) is 6.07 Å². The normalized spacial score (nSPS) is 10.3. The smallest absolute Gasteiger partial charge is 0.335 e. The van der Waals surface area contributed by atoms with Gasteiger partial charge in [-0.25, -0.2) is 4.79 Å². The summed E-state index contributed by atoms with van der Waals surface area (Å²) in [5, 5.41) is 21.0. The fraction of sp³-hybridized carbons (Fsp3) is 0. The van der Waals surface area contributed by atoms with E-state index < -0.39 is 11.9 Å². The number of aromatic carboxylic acids is 1. The predicted molar refractivity (Wildman–Crippen MR) is 82.7 cm³/mol. The molecule has 1 aromatic heterocycles. The third kappa shape index (κ3) is 3.20. The highest BCUT2D eigenvalue weighted by Gasteiger charge is 2.16. The number of carboxylic acid groups (broad SMARTS) is 1. The summed E-state index contributed by atoms with van der Waals surface area (Å²) in [5.74, 6) is -1.79. The first kappa shape index (κ1) is 15.0. The van der Waals surface area contributed by atoms with Crippen LogP contribution in [0, 0.1) is 0 Å². The van der Waals surface area contributed by atoms with Crippen LogP contribution < -0.4 is 5.32 Å². The zero-order valence-electron chi connectivity index (χ0n) is 9.68. The number of rotatable bonds is 3. The molecular weight excluding hydrogens is 414 g/mol. The Hall–Kier alpha value is -1.38. The van der Waals surface area contributed by atoms with E-state index >= 15 is 0 Å². The van der Waals surface area contributed by atoms with E-state index in [0.717, 1.165) is 3.79 Å². The van der Waals surface area contributed by atoms with Crippen LogP contribution in [0.2, 0.25) is 0 Å². The molecule has 1 aromatic carbocycles. The number of nitrogens with one attached hydrogen (secondary N) is 1. The van der Waals surface area contributed by atoms with Gasteiger partial charge in [-0.15, -0.1) is 11.3 Å². The monoisotopic (exact) mass is 419 g/mol. The number of hydrogen-bond donors (Lipinski definition) is 3. The number of carboxylic acids is 1. The van der Waals surface area contributed by atoms with Crippen LogP contribution in [-0.4, -0.2) is 22.1 Å². The minimum Gasteiger partial charge on any atom is -0.506 e. The molecule has 0 aliphatic heterocycles. The fourth-order valence-electron chi connectivity index (χ4n) is 1.45. The van der Waals surface area contributed by atoms with Crippen molar-refractivity contribution in [1.82, 2.24) is 0 Å². The van der Waals surface area contributed by atoms with Gasteiger partial charge in [0.15, 0.2) is 0 Å². The Morgan fingerprint density at radius 2 is 1.90 bits per heavy atom. The van der Waals surface area contributed by atoms with Gasteiger partial charge in [0.2, 0.25) is 0 Å². The number of halogens is 2. The Morgan fingerprint density at radius 1 is 1.20 bits per heavy atom. The lowest BCUT2D eigenvalue weighted by molar-refractivity contribution is 0.0696. The van der Waals surface area contributed by atoms with Gasteiger partial charge in [-0.05, 0) is 56.1 Å². The van der Waals surface area contributed by atoms with Crippen LogP contribution in [0.4, 0.5) is 5.69 Å². The maximum Gasteiger partial charge on any atom is 0.335 e. The second kappa shape index (κ2) is 5.94. The fourth-order valence-corrected chi connectivity index (χ4v) is 4.25. The first-order valence-electron chi connectivity index (χ1n) is 5.21. The minimum absolute atomic E-state index is 0.0244. The van der Waals surface area contributed by atoms with Gasteiger partial charge >= 0.3 is 5.97 Å². The van der Waals surface area contributed by atoms with Gasteiger partial charge in [-0.1, -0.05) is 0 Å². The first-order valence-corrected chi connectivity index (χ1v) is 7.61. The number of carbonyl (C=O) groups is 2. The van der Waals surface area contributed by atoms with Gasteiger partial charge in [0, 0.05) is 0 Å². The van der Waals surface area contributed by atoms with Crippen molar-refractivity contribution in [1.29, 1.82) is 0 Å². The van der Waals surface area contributed by atoms with Crippen molar-refractivity contribution in [2.75, 3.05) is 5.32 Å². The molecule has 0 saturated carbocycles.